The molecule has 19 heavy (non-hydrogen) atoms. The second kappa shape index (κ2) is 5.25. The van der Waals surface area contributed by atoms with Crippen molar-refractivity contribution < 1.29 is 9.22 Å². The third-order valence-electron chi connectivity index (χ3n) is 3.68. The van der Waals surface area contributed by atoms with Crippen LogP contribution in [-0.4, -0.2) is 21.3 Å². The molecule has 1 rings (SSSR count). The number of hydrogen-bond donors (Lipinski definition) is 2. The Hall–Kier alpha value is -1.49. The van der Waals surface area contributed by atoms with E-state index in [9.17, 15) is 4.79 Å². The lowest BCUT2D eigenvalue weighted by molar-refractivity contribution is 0.0963. The number of rotatable bonds is 3. The average molecular weight is 280 g/mol. The smallest absolute Gasteiger partial charge is 0.253 e. The van der Waals surface area contributed by atoms with Crippen LogP contribution in [0.2, 0.25) is 18.1 Å². The van der Waals surface area contributed by atoms with Crippen LogP contribution in [0, 0.1) is 0 Å². The summed E-state index contributed by atoms with van der Waals surface area (Å²) < 4.78 is 6.16. The summed E-state index contributed by atoms with van der Waals surface area (Å²) in [6.45, 7) is 10.9. The summed E-state index contributed by atoms with van der Waals surface area (Å²) in [6.07, 6.45) is 0. The summed E-state index contributed by atoms with van der Waals surface area (Å²) in [4.78, 5) is 11.7. The molecular weight excluding hydrogens is 256 g/mol. The summed E-state index contributed by atoms with van der Waals surface area (Å²) in [7, 11) is -0.317. The van der Waals surface area contributed by atoms with E-state index in [-0.39, 0.29) is 10.9 Å². The van der Waals surface area contributed by atoms with Crippen molar-refractivity contribution in [2.45, 2.75) is 38.9 Å². The second-order valence-corrected chi connectivity index (χ2v) is 10.9. The molecule has 0 radical (unpaired) electrons. The Labute approximate surface area is 116 Å². The predicted molar refractivity (Wildman–Crippen MR) is 82.1 cm³/mol. The van der Waals surface area contributed by atoms with Gasteiger partial charge >= 0.3 is 0 Å². The standard InChI is InChI=1S/C14H24N2O2Si/c1-14(2,3)19(5,6)18-10-7-8-12(15)11(9-10)13(17)16-4/h7-9H,15H2,1-6H3,(H,16,17). The number of anilines is 1. The molecule has 0 aliphatic heterocycles. The first kappa shape index (κ1) is 15.6. The molecule has 1 amide bonds. The van der Waals surface area contributed by atoms with Gasteiger partial charge in [-0.25, -0.2) is 0 Å². The van der Waals surface area contributed by atoms with E-state index in [4.69, 9.17) is 10.2 Å². The Kier molecular flexibility index (Phi) is 4.30. The minimum atomic E-state index is -1.90. The van der Waals surface area contributed by atoms with Crippen molar-refractivity contribution in [2.24, 2.45) is 0 Å². The maximum absolute atomic E-state index is 11.7. The van der Waals surface area contributed by atoms with Crippen LogP contribution in [0.1, 0.15) is 31.1 Å². The van der Waals surface area contributed by atoms with Gasteiger partial charge in [0.2, 0.25) is 8.32 Å². The molecule has 0 bridgehead atoms. The van der Waals surface area contributed by atoms with Crippen LogP contribution in [-0.2, 0) is 0 Å². The van der Waals surface area contributed by atoms with Crippen molar-refractivity contribution in [1.29, 1.82) is 0 Å². The normalized spacial score (nSPS) is 12.1. The maximum Gasteiger partial charge on any atom is 0.253 e. The fourth-order valence-corrected chi connectivity index (χ4v) is 2.40. The highest BCUT2D eigenvalue weighted by molar-refractivity contribution is 6.74. The molecule has 0 aliphatic carbocycles. The summed E-state index contributed by atoms with van der Waals surface area (Å²) in [5.41, 5.74) is 6.73. The van der Waals surface area contributed by atoms with Crippen molar-refractivity contribution in [2.75, 3.05) is 12.8 Å². The van der Waals surface area contributed by atoms with Gasteiger partial charge in [0.1, 0.15) is 5.75 Å². The molecule has 0 saturated carbocycles. The third kappa shape index (κ3) is 3.50. The van der Waals surface area contributed by atoms with E-state index >= 15 is 0 Å². The Morgan fingerprint density at radius 3 is 2.37 bits per heavy atom. The van der Waals surface area contributed by atoms with Crippen molar-refractivity contribution >= 4 is 19.9 Å². The number of benzene rings is 1. The number of hydrogen-bond acceptors (Lipinski definition) is 3. The predicted octanol–water partition coefficient (Wildman–Crippen LogP) is 3.01. The van der Waals surface area contributed by atoms with Crippen molar-refractivity contribution in [3.05, 3.63) is 23.8 Å². The highest BCUT2D eigenvalue weighted by Crippen LogP contribution is 2.37. The quantitative estimate of drug-likeness (QED) is 0.661. The molecule has 0 fully saturated rings. The van der Waals surface area contributed by atoms with Crippen molar-refractivity contribution in [3.8, 4) is 5.75 Å². The minimum absolute atomic E-state index is 0.113. The molecule has 0 spiro atoms. The molecule has 1 aromatic carbocycles. The number of carbonyl (C=O) groups excluding carboxylic acids is 1. The summed E-state index contributed by atoms with van der Waals surface area (Å²) in [5, 5.41) is 2.69. The molecule has 0 aliphatic rings. The molecule has 0 saturated heterocycles. The van der Waals surface area contributed by atoms with Gasteiger partial charge in [-0.15, -0.1) is 0 Å². The molecule has 0 atom stereocenters. The SMILES string of the molecule is CNC(=O)c1cc(O[Si](C)(C)C(C)(C)C)ccc1N. The van der Waals surface area contributed by atoms with E-state index in [1.807, 2.05) is 6.07 Å². The highest BCUT2D eigenvalue weighted by atomic mass is 28.4. The number of nitrogens with one attached hydrogen (secondary N) is 1. The molecular formula is C14H24N2O2Si. The monoisotopic (exact) mass is 280 g/mol. The van der Waals surface area contributed by atoms with Crippen LogP contribution in [0.15, 0.2) is 18.2 Å². The van der Waals surface area contributed by atoms with Crippen molar-refractivity contribution in [1.82, 2.24) is 5.32 Å². The summed E-state index contributed by atoms with van der Waals surface area (Å²) in [5.74, 6) is 0.512. The molecule has 3 N–H and O–H groups in total. The Morgan fingerprint density at radius 2 is 1.89 bits per heavy atom. The summed E-state index contributed by atoms with van der Waals surface area (Å²) in [6, 6.07) is 5.25. The van der Waals surface area contributed by atoms with Crippen LogP contribution in [0.25, 0.3) is 0 Å². The highest BCUT2D eigenvalue weighted by Gasteiger charge is 2.39. The van der Waals surface area contributed by atoms with Gasteiger partial charge in [-0.2, -0.15) is 0 Å². The first-order valence-corrected chi connectivity index (χ1v) is 9.30. The lowest BCUT2D eigenvalue weighted by atomic mass is 10.1. The van der Waals surface area contributed by atoms with Crippen LogP contribution in [0.4, 0.5) is 5.69 Å². The van der Waals surface area contributed by atoms with Crippen LogP contribution < -0.4 is 15.5 Å². The van der Waals surface area contributed by atoms with Gasteiger partial charge in [-0.05, 0) is 36.3 Å². The number of nitrogen functional groups attached to an aromatic ring is 1. The van der Waals surface area contributed by atoms with E-state index in [1.165, 1.54) is 0 Å². The van der Waals surface area contributed by atoms with Gasteiger partial charge < -0.3 is 15.5 Å². The second-order valence-electron chi connectivity index (χ2n) is 6.19. The maximum atomic E-state index is 11.7. The number of amides is 1. The van der Waals surface area contributed by atoms with Gasteiger partial charge in [0.25, 0.3) is 5.91 Å². The largest absolute Gasteiger partial charge is 0.543 e. The molecule has 0 aromatic heterocycles. The fraction of sp³-hybridized carbons (Fsp3) is 0.500. The van der Waals surface area contributed by atoms with Gasteiger partial charge in [0.15, 0.2) is 0 Å². The van der Waals surface area contributed by atoms with E-state index in [2.05, 4.69) is 39.2 Å². The van der Waals surface area contributed by atoms with Crippen LogP contribution in [0.3, 0.4) is 0 Å². The van der Waals surface area contributed by atoms with Gasteiger partial charge in [-0.1, -0.05) is 20.8 Å². The van der Waals surface area contributed by atoms with Crippen LogP contribution in [0.5, 0.6) is 5.75 Å². The van der Waals surface area contributed by atoms with Crippen LogP contribution >= 0.6 is 0 Å². The molecule has 106 valence electrons. The lowest BCUT2D eigenvalue weighted by Crippen LogP contribution is -2.43. The topological polar surface area (TPSA) is 64.3 Å². The van der Waals surface area contributed by atoms with Gasteiger partial charge in [-0.3, -0.25) is 4.79 Å². The number of carbonyl (C=O) groups is 1. The van der Waals surface area contributed by atoms with E-state index in [1.54, 1.807) is 19.2 Å². The lowest BCUT2D eigenvalue weighted by Gasteiger charge is -2.36. The Balaban J connectivity index is 3.08. The third-order valence-corrected chi connectivity index (χ3v) is 8.03. The van der Waals surface area contributed by atoms with E-state index in [0.717, 1.165) is 0 Å². The summed E-state index contributed by atoms with van der Waals surface area (Å²) >= 11 is 0. The molecule has 0 unspecified atom stereocenters. The Bertz CT molecular complexity index is 479. The first-order valence-electron chi connectivity index (χ1n) is 6.39. The van der Waals surface area contributed by atoms with Gasteiger partial charge in [0.05, 0.1) is 5.56 Å². The Morgan fingerprint density at radius 1 is 1.32 bits per heavy atom. The zero-order chi connectivity index (χ0) is 14.8. The number of nitrogens with two attached hydrogens (primary N) is 1. The molecule has 4 nitrogen and oxygen atoms in total. The van der Waals surface area contributed by atoms with E-state index < -0.39 is 8.32 Å². The average Bonchev–Trinajstić information content (AvgIpc) is 2.29. The minimum Gasteiger partial charge on any atom is -0.543 e. The molecule has 1 aromatic rings. The first-order chi connectivity index (χ1) is 8.58. The van der Waals surface area contributed by atoms with Gasteiger partial charge in [0, 0.05) is 12.7 Å². The fourth-order valence-electron chi connectivity index (χ4n) is 1.38. The molecule has 0 heterocycles. The van der Waals surface area contributed by atoms with Crippen molar-refractivity contribution in [3.63, 3.8) is 0 Å². The van der Waals surface area contributed by atoms with E-state index in [0.29, 0.717) is 17.0 Å². The zero-order valence-electron chi connectivity index (χ0n) is 12.6. The molecule has 5 heteroatoms. The zero-order valence-corrected chi connectivity index (χ0v) is 13.6.